The number of fused-ring (bicyclic) bond motifs is 1. The van der Waals surface area contributed by atoms with Gasteiger partial charge in [-0.05, 0) is 51.4 Å². The number of β-amino-alcohol motifs (C(OH)–C–C–N with tert-alkyl or cyclic N) is 1. The van der Waals surface area contributed by atoms with Crippen LogP contribution in [0, 0.1) is 5.92 Å². The predicted octanol–water partition coefficient (Wildman–Crippen LogP) is 4.62. The van der Waals surface area contributed by atoms with Crippen LogP contribution in [0.3, 0.4) is 0 Å². The smallest absolute Gasteiger partial charge is 0.253 e. The molecule has 4 nitrogen and oxygen atoms in total. The second-order valence-corrected chi connectivity index (χ2v) is 9.62. The average molecular weight is 418 g/mol. The summed E-state index contributed by atoms with van der Waals surface area (Å²) in [6, 6.07) is 20.7. The molecule has 0 saturated carbocycles. The number of amides is 1. The van der Waals surface area contributed by atoms with E-state index in [1.54, 1.807) is 4.90 Å². The van der Waals surface area contributed by atoms with Gasteiger partial charge in [-0.15, -0.1) is 0 Å². The lowest BCUT2D eigenvalue weighted by atomic mass is 9.86. The number of carbonyl (C=O) groups is 1. The highest BCUT2D eigenvalue weighted by atomic mass is 16.3. The number of piperidine rings is 1. The molecule has 2 N–H and O–H groups in total. The molecular formula is C27H31NO3. The van der Waals surface area contributed by atoms with Crippen molar-refractivity contribution in [3.05, 3.63) is 71.8 Å². The maximum atomic E-state index is 13.0. The van der Waals surface area contributed by atoms with Gasteiger partial charge in [0.1, 0.15) is 0 Å². The van der Waals surface area contributed by atoms with Crippen molar-refractivity contribution in [3.63, 3.8) is 0 Å². The summed E-state index contributed by atoms with van der Waals surface area (Å²) in [6.45, 7) is 7.41. The Kier molecular flexibility index (Phi) is 5.87. The van der Waals surface area contributed by atoms with Gasteiger partial charge in [0.2, 0.25) is 0 Å². The summed E-state index contributed by atoms with van der Waals surface area (Å²) in [5, 5.41) is 21.7. The maximum absolute atomic E-state index is 13.0. The molecule has 1 saturated heterocycles. The molecule has 162 valence electrons. The lowest BCUT2D eigenvalue weighted by Crippen LogP contribution is -2.47. The highest BCUT2D eigenvalue weighted by molar-refractivity contribution is 6.02. The Morgan fingerprint density at radius 1 is 1.06 bits per heavy atom. The summed E-state index contributed by atoms with van der Waals surface area (Å²) in [5.74, 6) is -0.217. The second-order valence-electron chi connectivity index (χ2n) is 9.62. The van der Waals surface area contributed by atoms with Crippen LogP contribution in [-0.4, -0.2) is 46.8 Å². The van der Waals surface area contributed by atoms with Crippen LogP contribution in [0.1, 0.15) is 43.1 Å². The minimum absolute atomic E-state index is 0.0430. The van der Waals surface area contributed by atoms with E-state index in [0.717, 1.165) is 21.9 Å². The van der Waals surface area contributed by atoms with Crippen LogP contribution in [0.4, 0.5) is 0 Å². The van der Waals surface area contributed by atoms with Crippen molar-refractivity contribution in [2.24, 2.45) is 5.92 Å². The zero-order chi connectivity index (χ0) is 22.2. The minimum Gasteiger partial charge on any atom is -0.396 e. The molecular weight excluding hydrogens is 386 g/mol. The third-order valence-electron chi connectivity index (χ3n) is 6.43. The Labute approximate surface area is 184 Å². The molecule has 31 heavy (non-hydrogen) atoms. The van der Waals surface area contributed by atoms with E-state index in [9.17, 15) is 15.0 Å². The molecule has 1 heterocycles. The fourth-order valence-corrected chi connectivity index (χ4v) is 4.38. The average Bonchev–Trinajstić information content (AvgIpc) is 2.77. The van der Waals surface area contributed by atoms with Gasteiger partial charge in [-0.2, -0.15) is 0 Å². The molecule has 0 aromatic heterocycles. The SMILES string of the molecule is CC(C)(C)c1ccc(-c2cccc3cc(C(=O)N4CC[C@H](CO)[C@H](O)C4)ccc23)cc1. The van der Waals surface area contributed by atoms with Gasteiger partial charge in [0.25, 0.3) is 5.91 Å². The van der Waals surface area contributed by atoms with E-state index in [2.05, 4.69) is 51.1 Å². The topological polar surface area (TPSA) is 60.8 Å². The summed E-state index contributed by atoms with van der Waals surface area (Å²) < 4.78 is 0. The number of aliphatic hydroxyl groups is 2. The molecule has 3 aromatic rings. The molecule has 3 aromatic carbocycles. The Morgan fingerprint density at radius 3 is 2.45 bits per heavy atom. The number of aliphatic hydroxyl groups excluding tert-OH is 2. The first-order valence-corrected chi connectivity index (χ1v) is 11.0. The third-order valence-corrected chi connectivity index (χ3v) is 6.43. The molecule has 0 unspecified atom stereocenters. The van der Waals surface area contributed by atoms with Crippen LogP contribution < -0.4 is 0 Å². The van der Waals surface area contributed by atoms with E-state index in [0.29, 0.717) is 18.5 Å². The highest BCUT2D eigenvalue weighted by Gasteiger charge is 2.30. The first kappa shape index (κ1) is 21.5. The van der Waals surface area contributed by atoms with Crippen molar-refractivity contribution in [2.45, 2.75) is 38.7 Å². The molecule has 1 aliphatic rings. The van der Waals surface area contributed by atoms with Crippen molar-refractivity contribution in [2.75, 3.05) is 19.7 Å². The second kappa shape index (κ2) is 8.45. The van der Waals surface area contributed by atoms with E-state index in [1.165, 1.54) is 5.56 Å². The van der Waals surface area contributed by atoms with Crippen LogP contribution in [0.25, 0.3) is 21.9 Å². The summed E-state index contributed by atoms with van der Waals surface area (Å²) >= 11 is 0. The molecule has 0 aliphatic carbocycles. The molecule has 4 rings (SSSR count). The first-order chi connectivity index (χ1) is 14.8. The molecule has 1 amide bonds. The molecule has 0 radical (unpaired) electrons. The lowest BCUT2D eigenvalue weighted by Gasteiger charge is -2.35. The van der Waals surface area contributed by atoms with Gasteiger partial charge in [-0.25, -0.2) is 0 Å². The number of carbonyl (C=O) groups excluding carboxylic acids is 1. The van der Waals surface area contributed by atoms with Crippen molar-refractivity contribution >= 4 is 16.7 Å². The van der Waals surface area contributed by atoms with E-state index in [4.69, 9.17) is 0 Å². The Hall–Kier alpha value is -2.69. The lowest BCUT2D eigenvalue weighted by molar-refractivity contribution is 0.000884. The largest absolute Gasteiger partial charge is 0.396 e. The zero-order valence-corrected chi connectivity index (χ0v) is 18.5. The van der Waals surface area contributed by atoms with Crippen LogP contribution in [0.2, 0.25) is 0 Å². The monoisotopic (exact) mass is 417 g/mol. The molecule has 1 fully saturated rings. The first-order valence-electron chi connectivity index (χ1n) is 11.0. The van der Waals surface area contributed by atoms with E-state index in [1.807, 2.05) is 30.3 Å². The van der Waals surface area contributed by atoms with Crippen LogP contribution in [-0.2, 0) is 5.41 Å². The van der Waals surface area contributed by atoms with Gasteiger partial charge in [-0.3, -0.25) is 4.79 Å². The molecule has 2 atom stereocenters. The number of benzene rings is 3. The van der Waals surface area contributed by atoms with Crippen LogP contribution >= 0.6 is 0 Å². The van der Waals surface area contributed by atoms with E-state index >= 15 is 0 Å². The summed E-state index contributed by atoms with van der Waals surface area (Å²) in [6.07, 6.45) is -0.0584. The van der Waals surface area contributed by atoms with Gasteiger partial charge < -0.3 is 15.1 Å². The van der Waals surface area contributed by atoms with Gasteiger partial charge in [0, 0.05) is 31.2 Å². The van der Waals surface area contributed by atoms with E-state index in [-0.39, 0.29) is 30.4 Å². The van der Waals surface area contributed by atoms with Crippen LogP contribution in [0.5, 0.6) is 0 Å². The van der Waals surface area contributed by atoms with Crippen molar-refractivity contribution in [1.29, 1.82) is 0 Å². The van der Waals surface area contributed by atoms with Crippen molar-refractivity contribution < 1.29 is 15.0 Å². The quantitative estimate of drug-likeness (QED) is 0.654. The number of hydrogen-bond donors (Lipinski definition) is 2. The fraction of sp³-hybridized carbons (Fsp3) is 0.370. The Morgan fingerprint density at radius 2 is 1.81 bits per heavy atom. The zero-order valence-electron chi connectivity index (χ0n) is 18.5. The number of rotatable bonds is 3. The maximum Gasteiger partial charge on any atom is 0.253 e. The molecule has 4 heteroatoms. The van der Waals surface area contributed by atoms with Gasteiger partial charge >= 0.3 is 0 Å². The van der Waals surface area contributed by atoms with E-state index < -0.39 is 6.10 Å². The standard InChI is InChI=1S/C27H31NO3/c1-27(2,3)22-10-7-18(8-11-22)23-6-4-5-19-15-20(9-12-24(19)23)26(31)28-14-13-21(17-29)25(30)16-28/h4-12,15,21,25,29-30H,13-14,16-17H2,1-3H3/t21-,25-/m1/s1. The van der Waals surface area contributed by atoms with Crippen LogP contribution in [0.15, 0.2) is 60.7 Å². The van der Waals surface area contributed by atoms with Crippen molar-refractivity contribution in [1.82, 2.24) is 4.90 Å². The Balaban J connectivity index is 1.62. The normalized spacial score (nSPS) is 19.6. The molecule has 1 aliphatic heterocycles. The Bertz CT molecular complexity index is 1080. The molecule has 0 spiro atoms. The predicted molar refractivity (Wildman–Crippen MR) is 125 cm³/mol. The fourth-order valence-electron chi connectivity index (χ4n) is 4.38. The summed E-state index contributed by atoms with van der Waals surface area (Å²) in [4.78, 5) is 14.7. The third kappa shape index (κ3) is 4.36. The van der Waals surface area contributed by atoms with Gasteiger partial charge in [-0.1, -0.05) is 69.3 Å². The number of nitrogens with zero attached hydrogens (tertiary/aromatic N) is 1. The number of hydrogen-bond acceptors (Lipinski definition) is 3. The van der Waals surface area contributed by atoms with Crippen molar-refractivity contribution in [3.8, 4) is 11.1 Å². The number of likely N-dealkylation sites (tertiary alicyclic amines) is 1. The molecule has 0 bridgehead atoms. The summed E-state index contributed by atoms with van der Waals surface area (Å²) in [7, 11) is 0. The highest BCUT2D eigenvalue weighted by Crippen LogP contribution is 2.32. The minimum atomic E-state index is -0.675. The summed E-state index contributed by atoms with van der Waals surface area (Å²) in [5.41, 5.74) is 4.35. The van der Waals surface area contributed by atoms with Gasteiger partial charge in [0.05, 0.1) is 6.10 Å². The van der Waals surface area contributed by atoms with Gasteiger partial charge in [0.15, 0.2) is 0 Å².